The number of aliphatic imine (C=N–C) groups is 1. The summed E-state index contributed by atoms with van der Waals surface area (Å²) in [5.74, 6) is -0.00991. The second kappa shape index (κ2) is 8.17. The van der Waals surface area contributed by atoms with Gasteiger partial charge in [0.15, 0.2) is 0 Å². The van der Waals surface area contributed by atoms with Gasteiger partial charge in [0, 0.05) is 22.6 Å². The number of phenols is 1. The number of anilines is 1. The molecule has 0 radical (unpaired) electrons. The highest BCUT2D eigenvalue weighted by Gasteiger charge is 2.27. The number of phenolic OH excluding ortho intramolecular Hbond substituents is 1. The Bertz CT molecular complexity index is 1170. The first-order chi connectivity index (χ1) is 14.4. The summed E-state index contributed by atoms with van der Waals surface area (Å²) >= 11 is 6.25. The number of carbonyl (C=O) groups excluding carboxylic acids is 1. The summed E-state index contributed by atoms with van der Waals surface area (Å²) in [6.45, 7) is 6.01. The molecule has 5 heteroatoms. The number of hydrogen-bond acceptors (Lipinski definition) is 3. The smallest absolute Gasteiger partial charge is 0.249 e. The Labute approximate surface area is 180 Å². The van der Waals surface area contributed by atoms with Crippen LogP contribution in [0, 0.1) is 0 Å². The van der Waals surface area contributed by atoms with Crippen LogP contribution in [0.25, 0.3) is 5.57 Å². The molecule has 0 fully saturated rings. The first kappa shape index (κ1) is 19.9. The molecule has 0 saturated carbocycles. The third-order valence-corrected chi connectivity index (χ3v) is 5.35. The van der Waals surface area contributed by atoms with E-state index in [0.717, 1.165) is 27.8 Å². The molecule has 0 spiro atoms. The fourth-order valence-electron chi connectivity index (χ4n) is 3.63. The van der Waals surface area contributed by atoms with Crippen molar-refractivity contribution in [1.82, 2.24) is 0 Å². The topological polar surface area (TPSA) is 61.7 Å². The van der Waals surface area contributed by atoms with Crippen LogP contribution in [0.1, 0.15) is 29.2 Å². The number of fused-ring (bicyclic) bond motifs is 1. The quantitative estimate of drug-likeness (QED) is 0.591. The van der Waals surface area contributed by atoms with E-state index in [1.165, 1.54) is 0 Å². The highest BCUT2D eigenvalue weighted by atomic mass is 35.5. The largest absolute Gasteiger partial charge is 0.508 e. The van der Waals surface area contributed by atoms with Crippen LogP contribution in [0.4, 0.5) is 5.69 Å². The summed E-state index contributed by atoms with van der Waals surface area (Å²) in [5.41, 5.74) is 5.84. The Kier molecular flexibility index (Phi) is 5.42. The van der Waals surface area contributed by atoms with Crippen LogP contribution in [0.2, 0.25) is 5.02 Å². The van der Waals surface area contributed by atoms with Gasteiger partial charge in [-0.1, -0.05) is 48.0 Å². The van der Waals surface area contributed by atoms with E-state index in [0.29, 0.717) is 22.8 Å². The zero-order valence-corrected chi connectivity index (χ0v) is 17.3. The van der Waals surface area contributed by atoms with Crippen molar-refractivity contribution in [1.29, 1.82) is 0 Å². The highest BCUT2D eigenvalue weighted by Crippen LogP contribution is 2.29. The lowest BCUT2D eigenvalue weighted by molar-refractivity contribution is -0.117. The minimum absolute atomic E-state index is 0.167. The third-order valence-electron chi connectivity index (χ3n) is 5.11. The predicted molar refractivity (Wildman–Crippen MR) is 122 cm³/mol. The number of hydrogen-bond donors (Lipinski definition) is 2. The van der Waals surface area contributed by atoms with Gasteiger partial charge in [0.2, 0.25) is 5.91 Å². The average molecular weight is 417 g/mol. The lowest BCUT2D eigenvalue weighted by atomic mass is 9.96. The van der Waals surface area contributed by atoms with Gasteiger partial charge in [0.1, 0.15) is 11.8 Å². The summed E-state index contributed by atoms with van der Waals surface area (Å²) in [6, 6.07) is 19.4. The van der Waals surface area contributed by atoms with Crippen LogP contribution >= 0.6 is 11.6 Å². The number of benzodiazepines with no additional fused rings is 1. The third kappa shape index (κ3) is 4.00. The molecule has 1 heterocycles. The lowest BCUT2D eigenvalue weighted by Gasteiger charge is -2.14. The first-order valence-electron chi connectivity index (χ1n) is 9.64. The molecule has 30 heavy (non-hydrogen) atoms. The molecule has 3 aromatic carbocycles. The number of benzene rings is 3. The van der Waals surface area contributed by atoms with Gasteiger partial charge in [-0.3, -0.25) is 9.79 Å². The Morgan fingerprint density at radius 3 is 2.60 bits per heavy atom. The molecule has 1 aliphatic heterocycles. The average Bonchev–Trinajstić information content (AvgIpc) is 2.85. The molecule has 3 aromatic rings. The van der Waals surface area contributed by atoms with Gasteiger partial charge < -0.3 is 10.4 Å². The molecule has 1 amide bonds. The number of aromatic hydroxyl groups is 1. The van der Waals surface area contributed by atoms with E-state index in [4.69, 9.17) is 16.6 Å². The van der Waals surface area contributed by atoms with Crippen molar-refractivity contribution in [2.45, 2.75) is 19.4 Å². The summed E-state index contributed by atoms with van der Waals surface area (Å²) in [5, 5.41) is 13.2. The Hall–Kier alpha value is -3.37. The maximum Gasteiger partial charge on any atom is 0.249 e. The van der Waals surface area contributed by atoms with Crippen LogP contribution in [-0.2, 0) is 11.2 Å². The Morgan fingerprint density at radius 2 is 1.87 bits per heavy atom. The van der Waals surface area contributed by atoms with Gasteiger partial charge in [-0.05, 0) is 60.5 Å². The molecule has 4 rings (SSSR count). The molecule has 1 aliphatic rings. The monoisotopic (exact) mass is 416 g/mol. The number of allylic oxidation sites excluding steroid dienone is 1. The Balaban J connectivity index is 1.83. The molecule has 1 unspecified atom stereocenters. The van der Waals surface area contributed by atoms with Gasteiger partial charge in [-0.15, -0.1) is 0 Å². The highest BCUT2D eigenvalue weighted by molar-refractivity contribution is 6.32. The summed E-state index contributed by atoms with van der Waals surface area (Å²) in [6.07, 6.45) is 0.443. The van der Waals surface area contributed by atoms with E-state index >= 15 is 0 Å². The summed E-state index contributed by atoms with van der Waals surface area (Å²) in [4.78, 5) is 17.9. The van der Waals surface area contributed by atoms with E-state index in [-0.39, 0.29) is 11.7 Å². The second-order valence-corrected chi connectivity index (χ2v) is 7.80. The van der Waals surface area contributed by atoms with Crippen molar-refractivity contribution < 1.29 is 9.90 Å². The summed E-state index contributed by atoms with van der Waals surface area (Å²) in [7, 11) is 0. The number of rotatable bonds is 4. The molecule has 0 aliphatic carbocycles. The van der Waals surface area contributed by atoms with Gasteiger partial charge in [0.05, 0.1) is 11.4 Å². The molecular weight excluding hydrogens is 396 g/mol. The zero-order chi connectivity index (χ0) is 21.3. The fraction of sp³-hybridized carbons (Fsp3) is 0.120. The number of carbonyl (C=O) groups is 1. The SMILES string of the molecule is C=C(C)c1ccccc1CC1N=C(c2ccc(O)cc2)c2cc(Cl)ccc2NC1=O. The maximum absolute atomic E-state index is 13.1. The molecule has 2 N–H and O–H groups in total. The maximum atomic E-state index is 13.1. The van der Waals surface area contributed by atoms with Crippen molar-refractivity contribution in [3.8, 4) is 5.75 Å². The van der Waals surface area contributed by atoms with Gasteiger partial charge in [-0.25, -0.2) is 0 Å². The molecule has 1 atom stereocenters. The van der Waals surface area contributed by atoms with Crippen LogP contribution < -0.4 is 5.32 Å². The van der Waals surface area contributed by atoms with Crippen molar-refractivity contribution in [2.75, 3.05) is 5.32 Å². The normalized spacial score (nSPS) is 15.6. The van der Waals surface area contributed by atoms with Crippen molar-refractivity contribution in [3.05, 3.63) is 101 Å². The number of amides is 1. The van der Waals surface area contributed by atoms with E-state index in [2.05, 4.69) is 11.9 Å². The van der Waals surface area contributed by atoms with E-state index in [9.17, 15) is 9.90 Å². The van der Waals surface area contributed by atoms with Gasteiger partial charge in [-0.2, -0.15) is 0 Å². The van der Waals surface area contributed by atoms with Crippen molar-refractivity contribution >= 4 is 34.5 Å². The second-order valence-electron chi connectivity index (χ2n) is 7.36. The minimum Gasteiger partial charge on any atom is -0.508 e. The number of nitrogens with one attached hydrogen (secondary N) is 1. The molecule has 0 saturated heterocycles. The lowest BCUT2D eigenvalue weighted by Crippen LogP contribution is -2.28. The van der Waals surface area contributed by atoms with E-state index < -0.39 is 6.04 Å². The van der Waals surface area contributed by atoms with Crippen molar-refractivity contribution in [2.24, 2.45) is 4.99 Å². The first-order valence-corrected chi connectivity index (χ1v) is 10.0. The predicted octanol–water partition coefficient (Wildman–Crippen LogP) is 5.48. The molecule has 4 nitrogen and oxygen atoms in total. The van der Waals surface area contributed by atoms with Crippen LogP contribution in [0.3, 0.4) is 0 Å². The van der Waals surface area contributed by atoms with Crippen molar-refractivity contribution in [3.63, 3.8) is 0 Å². The summed E-state index contributed by atoms with van der Waals surface area (Å²) < 4.78 is 0. The zero-order valence-electron chi connectivity index (χ0n) is 16.5. The van der Waals surface area contributed by atoms with Crippen LogP contribution in [0.5, 0.6) is 5.75 Å². The Morgan fingerprint density at radius 1 is 1.13 bits per heavy atom. The number of nitrogens with zero attached hydrogens (tertiary/aromatic N) is 1. The van der Waals surface area contributed by atoms with Crippen LogP contribution in [0.15, 0.2) is 78.3 Å². The fourth-order valence-corrected chi connectivity index (χ4v) is 3.80. The number of halogens is 1. The standard InChI is InChI=1S/C25H21ClN2O2/c1-15(2)20-6-4-3-5-17(20)13-23-25(30)28-22-12-9-18(26)14-21(22)24(27-23)16-7-10-19(29)11-8-16/h3-12,14,23,29H,1,13H2,2H3,(H,28,30). The van der Waals surface area contributed by atoms with E-state index in [1.54, 1.807) is 42.5 Å². The van der Waals surface area contributed by atoms with Gasteiger partial charge >= 0.3 is 0 Å². The minimum atomic E-state index is -0.625. The van der Waals surface area contributed by atoms with Gasteiger partial charge in [0.25, 0.3) is 0 Å². The molecule has 0 bridgehead atoms. The van der Waals surface area contributed by atoms with Crippen LogP contribution in [-0.4, -0.2) is 22.8 Å². The molecule has 150 valence electrons. The molecular formula is C25H21ClN2O2. The molecule has 0 aromatic heterocycles. The van der Waals surface area contributed by atoms with E-state index in [1.807, 2.05) is 31.2 Å².